The largest absolute Gasteiger partial charge is 0.378 e. The van der Waals surface area contributed by atoms with Crippen LogP contribution in [0.15, 0.2) is 121 Å². The van der Waals surface area contributed by atoms with Crippen molar-refractivity contribution in [1.29, 1.82) is 0 Å². The van der Waals surface area contributed by atoms with Crippen LogP contribution in [0.1, 0.15) is 22.3 Å². The van der Waals surface area contributed by atoms with Crippen LogP contribution >= 0.6 is 0 Å². The average Bonchev–Trinajstić information content (AvgIpc) is 2.88. The minimum absolute atomic E-state index is 1.18. The number of rotatable bonds is 7. The first-order chi connectivity index (χ1) is 16.5. The summed E-state index contributed by atoms with van der Waals surface area (Å²) in [4.78, 5) is 4.29. The Hall–Kier alpha value is -4.04. The van der Waals surface area contributed by atoms with Crippen molar-refractivity contribution in [2.75, 3.05) is 38.0 Å². The third kappa shape index (κ3) is 5.47. The maximum Gasteiger partial charge on any atom is 0.0367 e. The molecule has 0 aliphatic rings. The second-order valence-electron chi connectivity index (χ2n) is 8.78. The molecule has 2 heteroatoms. The van der Waals surface area contributed by atoms with Gasteiger partial charge in [0.05, 0.1) is 0 Å². The summed E-state index contributed by atoms with van der Waals surface area (Å²) >= 11 is 0. The Kier molecular flexibility index (Phi) is 7.29. The lowest BCUT2D eigenvalue weighted by Gasteiger charge is -2.17. The zero-order valence-electron chi connectivity index (χ0n) is 20.4. The van der Waals surface area contributed by atoms with E-state index >= 15 is 0 Å². The van der Waals surface area contributed by atoms with E-state index in [1.54, 1.807) is 0 Å². The Morgan fingerprint density at radius 1 is 0.441 bits per heavy atom. The molecule has 4 aromatic rings. The molecule has 0 N–H and O–H groups in total. The molecule has 4 rings (SSSR count). The summed E-state index contributed by atoms with van der Waals surface area (Å²) < 4.78 is 0. The minimum atomic E-state index is 1.18. The van der Waals surface area contributed by atoms with E-state index in [9.17, 15) is 0 Å². The van der Waals surface area contributed by atoms with Crippen molar-refractivity contribution < 1.29 is 0 Å². The van der Waals surface area contributed by atoms with Crippen LogP contribution in [0.2, 0.25) is 0 Å². The number of anilines is 2. The Morgan fingerprint density at radius 3 is 1.18 bits per heavy atom. The highest BCUT2D eigenvalue weighted by Gasteiger charge is 2.10. The number of hydrogen-bond donors (Lipinski definition) is 0. The van der Waals surface area contributed by atoms with Gasteiger partial charge in [-0.2, -0.15) is 0 Å². The van der Waals surface area contributed by atoms with Gasteiger partial charge < -0.3 is 9.80 Å². The maximum atomic E-state index is 2.26. The van der Waals surface area contributed by atoms with Crippen LogP contribution in [-0.4, -0.2) is 28.2 Å². The van der Waals surface area contributed by atoms with E-state index in [2.05, 4.69) is 159 Å². The van der Waals surface area contributed by atoms with E-state index in [0.717, 1.165) is 0 Å². The van der Waals surface area contributed by atoms with E-state index < -0.39 is 0 Å². The molecular weight excluding hydrogens is 412 g/mol. The van der Waals surface area contributed by atoms with Crippen LogP contribution in [0.4, 0.5) is 11.4 Å². The zero-order valence-corrected chi connectivity index (χ0v) is 20.4. The first kappa shape index (κ1) is 23.1. The first-order valence-corrected chi connectivity index (χ1v) is 11.6. The van der Waals surface area contributed by atoms with Gasteiger partial charge in [0, 0.05) is 39.6 Å². The summed E-state index contributed by atoms with van der Waals surface area (Å²) in [5.41, 5.74) is 9.55. The minimum Gasteiger partial charge on any atom is -0.378 e. The van der Waals surface area contributed by atoms with Crippen LogP contribution in [-0.2, 0) is 0 Å². The van der Waals surface area contributed by atoms with Gasteiger partial charge in [-0.3, -0.25) is 0 Å². The molecule has 0 bridgehead atoms. The number of benzene rings is 4. The van der Waals surface area contributed by atoms with Gasteiger partial charge in [0.15, 0.2) is 0 Å². The van der Waals surface area contributed by atoms with Crippen molar-refractivity contribution in [3.8, 4) is 0 Å². The maximum absolute atomic E-state index is 2.26. The smallest absolute Gasteiger partial charge is 0.0367 e. The van der Waals surface area contributed by atoms with Crippen LogP contribution in [0.5, 0.6) is 0 Å². The molecule has 0 fully saturated rings. The molecule has 0 aliphatic heterocycles. The summed E-state index contributed by atoms with van der Waals surface area (Å²) in [5, 5.41) is 0. The molecule has 34 heavy (non-hydrogen) atoms. The zero-order chi connectivity index (χ0) is 23.9. The number of nitrogens with zero attached hydrogens (tertiary/aromatic N) is 2. The Labute approximate surface area is 204 Å². The molecule has 0 saturated carbocycles. The van der Waals surface area contributed by atoms with Crippen molar-refractivity contribution in [3.63, 3.8) is 0 Å². The summed E-state index contributed by atoms with van der Waals surface area (Å²) in [6.45, 7) is 0. The Balaban J connectivity index is 1.91. The fourth-order valence-corrected chi connectivity index (χ4v) is 4.02. The van der Waals surface area contributed by atoms with Gasteiger partial charge in [-0.1, -0.05) is 97.1 Å². The summed E-state index contributed by atoms with van der Waals surface area (Å²) in [6, 6.07) is 38.7. The topological polar surface area (TPSA) is 6.48 Å². The van der Waals surface area contributed by atoms with E-state index in [4.69, 9.17) is 0 Å². The summed E-state index contributed by atoms with van der Waals surface area (Å²) in [5.74, 6) is 0. The Bertz CT molecular complexity index is 1190. The van der Waals surface area contributed by atoms with Crippen molar-refractivity contribution >= 4 is 22.5 Å². The summed E-state index contributed by atoms with van der Waals surface area (Å²) in [7, 11) is 8.33. The van der Waals surface area contributed by atoms with Gasteiger partial charge in [0.25, 0.3) is 0 Å². The predicted octanol–water partition coefficient (Wildman–Crippen LogP) is 7.38. The highest BCUT2D eigenvalue weighted by molar-refractivity contribution is 5.87. The van der Waals surface area contributed by atoms with Gasteiger partial charge in [-0.15, -0.1) is 0 Å². The molecule has 0 heterocycles. The Morgan fingerprint density at radius 2 is 0.794 bits per heavy atom. The SMILES string of the molecule is CN(C)c1cccc(C(=CC=C(c2ccccc2)c2ccccc2)c2cccc(N(C)C)c2)c1. The fraction of sp³-hybridized carbons (Fsp3) is 0.125. The molecule has 2 nitrogen and oxygen atoms in total. The molecule has 0 atom stereocenters. The second kappa shape index (κ2) is 10.7. The number of allylic oxidation sites excluding steroid dienone is 2. The lowest BCUT2D eigenvalue weighted by atomic mass is 9.93. The molecule has 0 saturated heterocycles. The standard InChI is InChI=1S/C32H32N2/c1-33(2)29-19-11-17-27(23-29)32(28-18-12-20-30(24-28)34(3)4)22-21-31(25-13-7-5-8-14-25)26-15-9-6-10-16-26/h5-24H,1-4H3. The summed E-state index contributed by atoms with van der Waals surface area (Å²) in [6.07, 6.45) is 4.52. The molecule has 0 radical (unpaired) electrons. The first-order valence-electron chi connectivity index (χ1n) is 11.6. The second-order valence-corrected chi connectivity index (χ2v) is 8.78. The van der Waals surface area contributed by atoms with Crippen LogP contribution < -0.4 is 9.80 Å². The van der Waals surface area contributed by atoms with Crippen molar-refractivity contribution in [1.82, 2.24) is 0 Å². The van der Waals surface area contributed by atoms with Crippen LogP contribution in [0, 0.1) is 0 Å². The highest BCUT2D eigenvalue weighted by Crippen LogP contribution is 2.31. The lowest BCUT2D eigenvalue weighted by molar-refractivity contribution is 1.13. The van der Waals surface area contributed by atoms with E-state index in [1.807, 2.05) is 0 Å². The molecule has 0 spiro atoms. The van der Waals surface area contributed by atoms with Gasteiger partial charge in [0.2, 0.25) is 0 Å². The van der Waals surface area contributed by atoms with Crippen molar-refractivity contribution in [2.24, 2.45) is 0 Å². The van der Waals surface area contributed by atoms with Crippen molar-refractivity contribution in [2.45, 2.75) is 0 Å². The predicted molar refractivity (Wildman–Crippen MR) is 149 cm³/mol. The molecule has 0 unspecified atom stereocenters. The molecule has 4 aromatic carbocycles. The highest BCUT2D eigenvalue weighted by atomic mass is 15.1. The quantitative estimate of drug-likeness (QED) is 0.274. The third-order valence-electron chi connectivity index (χ3n) is 5.93. The molecule has 0 amide bonds. The third-order valence-corrected chi connectivity index (χ3v) is 5.93. The normalized spacial score (nSPS) is 10.4. The molecule has 0 aliphatic carbocycles. The molecular formula is C32H32N2. The van der Waals surface area contributed by atoms with E-state index in [0.29, 0.717) is 0 Å². The van der Waals surface area contributed by atoms with Gasteiger partial charge >= 0.3 is 0 Å². The van der Waals surface area contributed by atoms with Gasteiger partial charge in [0.1, 0.15) is 0 Å². The van der Waals surface area contributed by atoms with Crippen LogP contribution in [0.3, 0.4) is 0 Å². The van der Waals surface area contributed by atoms with Crippen molar-refractivity contribution in [3.05, 3.63) is 144 Å². The lowest BCUT2D eigenvalue weighted by Crippen LogP contribution is -2.09. The van der Waals surface area contributed by atoms with E-state index in [-0.39, 0.29) is 0 Å². The fourth-order valence-electron chi connectivity index (χ4n) is 4.02. The average molecular weight is 445 g/mol. The number of hydrogen-bond acceptors (Lipinski definition) is 2. The molecule has 0 aromatic heterocycles. The van der Waals surface area contributed by atoms with Gasteiger partial charge in [-0.05, 0) is 57.7 Å². The van der Waals surface area contributed by atoms with Gasteiger partial charge in [-0.25, -0.2) is 0 Å². The monoisotopic (exact) mass is 444 g/mol. The van der Waals surface area contributed by atoms with Crippen LogP contribution in [0.25, 0.3) is 11.1 Å². The van der Waals surface area contributed by atoms with E-state index in [1.165, 1.54) is 44.8 Å². The molecule has 170 valence electrons.